The second kappa shape index (κ2) is 6.42. The van der Waals surface area contributed by atoms with Crippen molar-refractivity contribution in [3.63, 3.8) is 0 Å². The number of rotatable bonds is 4. The third-order valence-electron chi connectivity index (χ3n) is 4.21. The second-order valence-electron chi connectivity index (χ2n) is 6.19. The maximum absolute atomic E-state index is 3.72. The summed E-state index contributed by atoms with van der Waals surface area (Å²) in [7, 11) is 0. The van der Waals surface area contributed by atoms with Gasteiger partial charge in [0, 0.05) is 30.9 Å². The largest absolute Gasteiger partial charge is 0.365 e. The van der Waals surface area contributed by atoms with Crippen LogP contribution in [0.1, 0.15) is 39.2 Å². The van der Waals surface area contributed by atoms with Crippen LogP contribution in [-0.4, -0.2) is 25.2 Å². The minimum atomic E-state index is 0.607. The van der Waals surface area contributed by atoms with Crippen molar-refractivity contribution in [2.45, 2.75) is 52.6 Å². The molecule has 19 heavy (non-hydrogen) atoms. The van der Waals surface area contributed by atoms with Crippen molar-refractivity contribution in [3.05, 3.63) is 29.8 Å². The number of hydrogen-bond acceptors (Lipinski definition) is 2. The van der Waals surface area contributed by atoms with Crippen molar-refractivity contribution in [1.82, 2.24) is 5.32 Å². The van der Waals surface area contributed by atoms with Crippen LogP contribution in [-0.2, 0) is 0 Å². The Morgan fingerprint density at radius 3 is 2.53 bits per heavy atom. The predicted molar refractivity (Wildman–Crippen MR) is 83.8 cm³/mol. The Kier molecular flexibility index (Phi) is 4.87. The maximum atomic E-state index is 3.72. The highest BCUT2D eigenvalue weighted by Gasteiger charge is 2.29. The van der Waals surface area contributed by atoms with Crippen LogP contribution in [0.2, 0.25) is 0 Å². The van der Waals surface area contributed by atoms with Gasteiger partial charge in [0.1, 0.15) is 0 Å². The first kappa shape index (κ1) is 14.4. The summed E-state index contributed by atoms with van der Waals surface area (Å²) < 4.78 is 0. The highest BCUT2D eigenvalue weighted by atomic mass is 15.2. The molecule has 0 amide bonds. The van der Waals surface area contributed by atoms with Gasteiger partial charge in [-0.2, -0.15) is 0 Å². The summed E-state index contributed by atoms with van der Waals surface area (Å²) in [5.41, 5.74) is 2.72. The first-order valence-corrected chi connectivity index (χ1v) is 7.68. The Hall–Kier alpha value is -1.02. The molecule has 1 aliphatic heterocycles. The third-order valence-corrected chi connectivity index (χ3v) is 4.21. The van der Waals surface area contributed by atoms with E-state index in [0.717, 1.165) is 13.1 Å². The number of aryl methyl sites for hydroxylation is 1. The molecule has 0 saturated carbocycles. The van der Waals surface area contributed by atoms with Gasteiger partial charge in [-0.25, -0.2) is 0 Å². The molecule has 2 atom stereocenters. The fourth-order valence-electron chi connectivity index (χ4n) is 3.01. The van der Waals surface area contributed by atoms with Crippen molar-refractivity contribution in [3.8, 4) is 0 Å². The van der Waals surface area contributed by atoms with E-state index in [4.69, 9.17) is 0 Å². The van der Waals surface area contributed by atoms with E-state index in [1.165, 1.54) is 24.1 Å². The SMILES string of the molecule is CCCC1CN(c2ccc(C)cc2)C(C(C)C)CN1. The van der Waals surface area contributed by atoms with Gasteiger partial charge in [0.05, 0.1) is 0 Å². The summed E-state index contributed by atoms with van der Waals surface area (Å²) in [5, 5.41) is 3.72. The van der Waals surface area contributed by atoms with Crippen molar-refractivity contribution < 1.29 is 0 Å². The van der Waals surface area contributed by atoms with Gasteiger partial charge in [0.15, 0.2) is 0 Å². The molecule has 1 fully saturated rings. The summed E-state index contributed by atoms with van der Waals surface area (Å²) in [6, 6.07) is 10.3. The number of benzene rings is 1. The van der Waals surface area contributed by atoms with Crippen LogP contribution in [0.25, 0.3) is 0 Å². The summed E-state index contributed by atoms with van der Waals surface area (Å²) >= 11 is 0. The molecule has 0 aromatic heterocycles. The monoisotopic (exact) mass is 260 g/mol. The Morgan fingerprint density at radius 1 is 1.26 bits per heavy atom. The van der Waals surface area contributed by atoms with E-state index in [1.54, 1.807) is 0 Å². The maximum Gasteiger partial charge on any atom is 0.0438 e. The Morgan fingerprint density at radius 2 is 1.95 bits per heavy atom. The number of anilines is 1. The van der Waals surface area contributed by atoms with Crippen LogP contribution in [0.3, 0.4) is 0 Å². The van der Waals surface area contributed by atoms with Crippen molar-refractivity contribution in [2.24, 2.45) is 5.92 Å². The average Bonchev–Trinajstić information content (AvgIpc) is 2.39. The van der Waals surface area contributed by atoms with Crippen molar-refractivity contribution >= 4 is 5.69 Å². The van der Waals surface area contributed by atoms with Gasteiger partial charge in [0.25, 0.3) is 0 Å². The van der Waals surface area contributed by atoms with Gasteiger partial charge in [-0.3, -0.25) is 0 Å². The van der Waals surface area contributed by atoms with Gasteiger partial charge < -0.3 is 10.2 Å². The van der Waals surface area contributed by atoms with Crippen LogP contribution < -0.4 is 10.2 Å². The van der Waals surface area contributed by atoms with E-state index in [1.807, 2.05) is 0 Å². The lowest BCUT2D eigenvalue weighted by atomic mass is 9.96. The lowest BCUT2D eigenvalue weighted by Crippen LogP contribution is -2.58. The number of hydrogen-bond donors (Lipinski definition) is 1. The van der Waals surface area contributed by atoms with Crippen LogP contribution in [0.5, 0.6) is 0 Å². The summed E-state index contributed by atoms with van der Waals surface area (Å²) in [4.78, 5) is 2.61. The van der Waals surface area contributed by atoms with E-state index in [-0.39, 0.29) is 0 Å². The third kappa shape index (κ3) is 3.50. The quantitative estimate of drug-likeness (QED) is 0.890. The Balaban J connectivity index is 2.17. The molecular weight excluding hydrogens is 232 g/mol. The second-order valence-corrected chi connectivity index (χ2v) is 6.19. The first-order valence-electron chi connectivity index (χ1n) is 7.68. The van der Waals surface area contributed by atoms with Gasteiger partial charge in [-0.1, -0.05) is 44.9 Å². The molecule has 1 heterocycles. The molecule has 2 unspecified atom stereocenters. The van der Waals surface area contributed by atoms with Crippen molar-refractivity contribution in [1.29, 1.82) is 0 Å². The van der Waals surface area contributed by atoms with Gasteiger partial charge in [0.2, 0.25) is 0 Å². The van der Waals surface area contributed by atoms with E-state index in [9.17, 15) is 0 Å². The molecule has 1 aromatic rings. The molecule has 106 valence electrons. The zero-order chi connectivity index (χ0) is 13.8. The predicted octanol–water partition coefficient (Wildman–Crippen LogP) is 3.60. The zero-order valence-corrected chi connectivity index (χ0v) is 12.8. The summed E-state index contributed by atoms with van der Waals surface area (Å²) in [6.45, 7) is 11.3. The van der Waals surface area contributed by atoms with E-state index >= 15 is 0 Å². The molecule has 2 nitrogen and oxygen atoms in total. The van der Waals surface area contributed by atoms with E-state index in [0.29, 0.717) is 18.0 Å². The number of nitrogens with zero attached hydrogens (tertiary/aromatic N) is 1. The van der Waals surface area contributed by atoms with Crippen LogP contribution in [0.15, 0.2) is 24.3 Å². The fourth-order valence-corrected chi connectivity index (χ4v) is 3.01. The molecule has 1 N–H and O–H groups in total. The molecule has 1 aromatic carbocycles. The minimum Gasteiger partial charge on any atom is -0.365 e. The standard InChI is InChI=1S/C17H28N2/c1-5-6-15-12-19(17(11-18-15)13(2)3)16-9-7-14(4)8-10-16/h7-10,13,15,17-18H,5-6,11-12H2,1-4H3. The Labute approximate surface area is 118 Å². The molecule has 1 aliphatic rings. The highest BCUT2D eigenvalue weighted by molar-refractivity contribution is 5.49. The molecule has 0 aliphatic carbocycles. The molecule has 0 radical (unpaired) electrons. The summed E-state index contributed by atoms with van der Waals surface area (Å²) in [5.74, 6) is 0.677. The fraction of sp³-hybridized carbons (Fsp3) is 0.647. The molecule has 2 rings (SSSR count). The average molecular weight is 260 g/mol. The van der Waals surface area contributed by atoms with Gasteiger partial charge in [-0.15, -0.1) is 0 Å². The summed E-state index contributed by atoms with van der Waals surface area (Å²) in [6.07, 6.45) is 2.53. The highest BCUT2D eigenvalue weighted by Crippen LogP contribution is 2.25. The molecule has 0 bridgehead atoms. The van der Waals surface area contributed by atoms with Crippen LogP contribution in [0.4, 0.5) is 5.69 Å². The number of piperazine rings is 1. The molecular formula is C17H28N2. The minimum absolute atomic E-state index is 0.607. The number of nitrogens with one attached hydrogen (secondary N) is 1. The first-order chi connectivity index (χ1) is 9.11. The zero-order valence-electron chi connectivity index (χ0n) is 12.8. The van der Waals surface area contributed by atoms with Crippen LogP contribution in [0, 0.1) is 12.8 Å². The lowest BCUT2D eigenvalue weighted by molar-refractivity contribution is 0.327. The molecule has 1 saturated heterocycles. The van der Waals surface area contributed by atoms with E-state index in [2.05, 4.69) is 62.2 Å². The lowest BCUT2D eigenvalue weighted by Gasteiger charge is -2.44. The van der Waals surface area contributed by atoms with Crippen LogP contribution >= 0.6 is 0 Å². The topological polar surface area (TPSA) is 15.3 Å². The Bertz CT molecular complexity index is 383. The smallest absolute Gasteiger partial charge is 0.0438 e. The molecule has 0 spiro atoms. The van der Waals surface area contributed by atoms with Gasteiger partial charge >= 0.3 is 0 Å². The van der Waals surface area contributed by atoms with Gasteiger partial charge in [-0.05, 0) is 31.4 Å². The normalized spacial score (nSPS) is 23.9. The molecule has 2 heteroatoms. The van der Waals surface area contributed by atoms with Crippen molar-refractivity contribution in [2.75, 3.05) is 18.0 Å². The van der Waals surface area contributed by atoms with E-state index < -0.39 is 0 Å².